The van der Waals surface area contributed by atoms with Crippen molar-refractivity contribution >= 4 is 52.4 Å². The summed E-state index contributed by atoms with van der Waals surface area (Å²) in [6, 6.07) is 16.0. The van der Waals surface area contributed by atoms with Crippen LogP contribution in [0.3, 0.4) is 0 Å². The van der Waals surface area contributed by atoms with Crippen LogP contribution in [0.15, 0.2) is 77.5 Å². The summed E-state index contributed by atoms with van der Waals surface area (Å²) < 4.78 is 23.8. The van der Waals surface area contributed by atoms with Crippen molar-refractivity contribution in [1.82, 2.24) is 0 Å². The van der Waals surface area contributed by atoms with Gasteiger partial charge in [-0.25, -0.2) is 14.1 Å². The molecule has 2 amide bonds. The van der Waals surface area contributed by atoms with Gasteiger partial charge in [0.05, 0.1) is 23.4 Å². The van der Waals surface area contributed by atoms with Gasteiger partial charge >= 0.3 is 5.97 Å². The molecule has 0 radical (unpaired) electrons. The fourth-order valence-corrected chi connectivity index (χ4v) is 3.50. The topological polar surface area (TPSA) is 84.9 Å². The normalized spacial score (nSPS) is 13.4. The highest BCUT2D eigenvalue weighted by molar-refractivity contribution is 6.53. The molecule has 0 fully saturated rings. The summed E-state index contributed by atoms with van der Waals surface area (Å²) in [7, 11) is 1.53. The zero-order valence-corrected chi connectivity index (χ0v) is 19.0. The average molecular weight is 501 g/mol. The van der Waals surface area contributed by atoms with Crippen LogP contribution in [0.5, 0.6) is 11.5 Å². The van der Waals surface area contributed by atoms with Gasteiger partial charge in [0.2, 0.25) is 0 Å². The van der Waals surface area contributed by atoms with Gasteiger partial charge in [-0.2, -0.15) is 0 Å². The van der Waals surface area contributed by atoms with Gasteiger partial charge in [0, 0.05) is 5.69 Å². The zero-order chi connectivity index (χ0) is 24.4. The van der Waals surface area contributed by atoms with Gasteiger partial charge in [-0.05, 0) is 66.7 Å². The van der Waals surface area contributed by atoms with Crippen LogP contribution in [-0.4, -0.2) is 24.9 Å². The Morgan fingerprint density at radius 1 is 0.912 bits per heavy atom. The zero-order valence-electron chi connectivity index (χ0n) is 17.5. The van der Waals surface area contributed by atoms with E-state index in [1.165, 1.54) is 37.4 Å². The largest absolute Gasteiger partial charge is 0.497 e. The molecule has 1 N–H and O–H groups in total. The molecule has 0 saturated heterocycles. The van der Waals surface area contributed by atoms with Crippen molar-refractivity contribution in [1.29, 1.82) is 0 Å². The number of benzene rings is 3. The van der Waals surface area contributed by atoms with Crippen LogP contribution in [0.25, 0.3) is 0 Å². The third kappa shape index (κ3) is 4.59. The maximum Gasteiger partial charge on any atom is 0.343 e. The standard InChI is InChI=1S/C24H15Cl2FN2O5/c1-33-16-7-9-17(10-8-16)34-24(32)13-2-4-14(5-3-13)28-21-20(26)22(30)29(23(21)31)15-6-11-19(27)18(25)12-15/h2-12,28H,1H3. The Labute approximate surface area is 203 Å². The lowest BCUT2D eigenvalue weighted by Gasteiger charge is -2.15. The minimum Gasteiger partial charge on any atom is -0.497 e. The molecule has 0 atom stereocenters. The first-order valence-corrected chi connectivity index (χ1v) is 10.5. The Balaban J connectivity index is 1.47. The van der Waals surface area contributed by atoms with E-state index in [1.54, 1.807) is 24.3 Å². The number of carbonyl (C=O) groups is 3. The first-order valence-electron chi connectivity index (χ1n) is 9.75. The molecule has 172 valence electrons. The van der Waals surface area contributed by atoms with E-state index in [9.17, 15) is 18.8 Å². The Morgan fingerprint density at radius 2 is 1.56 bits per heavy atom. The smallest absolute Gasteiger partial charge is 0.343 e. The van der Waals surface area contributed by atoms with Crippen molar-refractivity contribution in [2.75, 3.05) is 17.3 Å². The highest BCUT2D eigenvalue weighted by Crippen LogP contribution is 2.32. The molecule has 0 unspecified atom stereocenters. The number of imide groups is 1. The molecule has 34 heavy (non-hydrogen) atoms. The summed E-state index contributed by atoms with van der Waals surface area (Å²) in [5.74, 6) is -1.81. The maximum absolute atomic E-state index is 13.5. The summed E-state index contributed by atoms with van der Waals surface area (Å²) >= 11 is 11.9. The molecule has 1 heterocycles. The SMILES string of the molecule is COc1ccc(OC(=O)c2ccc(NC3=C(Cl)C(=O)N(c4ccc(F)c(Cl)c4)C3=O)cc2)cc1. The second-order valence-electron chi connectivity index (χ2n) is 7.00. The van der Waals surface area contributed by atoms with Crippen LogP contribution in [-0.2, 0) is 9.59 Å². The van der Waals surface area contributed by atoms with E-state index in [1.807, 2.05) is 0 Å². The van der Waals surface area contributed by atoms with E-state index >= 15 is 0 Å². The molecule has 3 aromatic rings. The van der Waals surface area contributed by atoms with Crippen molar-refractivity contribution < 1.29 is 28.2 Å². The lowest BCUT2D eigenvalue weighted by Crippen LogP contribution is -2.32. The van der Waals surface area contributed by atoms with Crippen LogP contribution in [0.2, 0.25) is 5.02 Å². The number of hydrogen-bond donors (Lipinski definition) is 1. The molecule has 0 saturated carbocycles. The Morgan fingerprint density at radius 3 is 2.18 bits per heavy atom. The second kappa shape index (κ2) is 9.54. The number of nitrogens with zero attached hydrogens (tertiary/aromatic N) is 1. The quantitative estimate of drug-likeness (QED) is 0.286. The number of amides is 2. The van der Waals surface area contributed by atoms with Crippen LogP contribution < -0.4 is 19.7 Å². The van der Waals surface area contributed by atoms with Crippen molar-refractivity contribution in [3.8, 4) is 11.5 Å². The number of anilines is 2. The van der Waals surface area contributed by atoms with Gasteiger partial charge in [0.25, 0.3) is 11.8 Å². The Bertz CT molecular complexity index is 1320. The predicted molar refractivity (Wildman–Crippen MR) is 125 cm³/mol. The Hall–Kier alpha value is -3.88. The van der Waals surface area contributed by atoms with Crippen LogP contribution in [0.4, 0.5) is 15.8 Å². The van der Waals surface area contributed by atoms with Crippen molar-refractivity contribution in [3.63, 3.8) is 0 Å². The van der Waals surface area contributed by atoms with Gasteiger partial charge < -0.3 is 14.8 Å². The van der Waals surface area contributed by atoms with E-state index in [4.69, 9.17) is 32.7 Å². The first-order chi connectivity index (χ1) is 16.3. The van der Waals surface area contributed by atoms with Crippen molar-refractivity contribution in [2.24, 2.45) is 0 Å². The number of esters is 1. The van der Waals surface area contributed by atoms with Gasteiger partial charge in [0.1, 0.15) is 28.0 Å². The van der Waals surface area contributed by atoms with Crippen LogP contribution in [0, 0.1) is 5.82 Å². The third-order valence-electron chi connectivity index (χ3n) is 4.85. The number of carbonyl (C=O) groups excluding carboxylic acids is 3. The number of rotatable bonds is 6. The number of nitrogens with one attached hydrogen (secondary N) is 1. The summed E-state index contributed by atoms with van der Waals surface area (Å²) in [4.78, 5) is 38.5. The maximum atomic E-state index is 13.5. The summed E-state index contributed by atoms with van der Waals surface area (Å²) in [5, 5.41) is 2.21. The molecule has 0 spiro atoms. The van der Waals surface area contributed by atoms with Gasteiger partial charge in [-0.3, -0.25) is 9.59 Å². The molecule has 7 nitrogen and oxygen atoms in total. The van der Waals surface area contributed by atoms with Crippen molar-refractivity contribution in [2.45, 2.75) is 0 Å². The van der Waals surface area contributed by atoms with Gasteiger partial charge in [-0.1, -0.05) is 23.2 Å². The summed E-state index contributed by atoms with van der Waals surface area (Å²) in [6.45, 7) is 0. The molecular formula is C24H15Cl2FN2O5. The molecule has 1 aliphatic heterocycles. The molecule has 4 rings (SSSR count). The molecule has 0 bridgehead atoms. The Kier molecular flexibility index (Phi) is 6.54. The van der Waals surface area contributed by atoms with E-state index in [0.29, 0.717) is 17.2 Å². The molecule has 0 aliphatic carbocycles. The molecule has 10 heteroatoms. The van der Waals surface area contributed by atoms with Gasteiger partial charge in [0.15, 0.2) is 0 Å². The summed E-state index contributed by atoms with van der Waals surface area (Å²) in [5.41, 5.74) is 0.570. The second-order valence-corrected chi connectivity index (χ2v) is 7.79. The van der Waals surface area contributed by atoms with E-state index in [0.717, 1.165) is 17.0 Å². The predicted octanol–water partition coefficient (Wildman–Crippen LogP) is 5.14. The van der Waals surface area contributed by atoms with E-state index in [2.05, 4.69) is 5.32 Å². The number of hydrogen-bond acceptors (Lipinski definition) is 6. The molecule has 3 aromatic carbocycles. The summed E-state index contributed by atoms with van der Waals surface area (Å²) in [6.07, 6.45) is 0. The minimum atomic E-state index is -0.781. The van der Waals surface area contributed by atoms with E-state index < -0.39 is 23.6 Å². The molecular weight excluding hydrogens is 486 g/mol. The minimum absolute atomic E-state index is 0.0768. The third-order valence-corrected chi connectivity index (χ3v) is 5.49. The van der Waals surface area contributed by atoms with Crippen LogP contribution >= 0.6 is 23.2 Å². The highest BCUT2D eigenvalue weighted by Gasteiger charge is 2.39. The monoisotopic (exact) mass is 500 g/mol. The molecule has 0 aromatic heterocycles. The van der Waals surface area contributed by atoms with Gasteiger partial charge in [-0.15, -0.1) is 0 Å². The van der Waals surface area contributed by atoms with E-state index in [-0.39, 0.29) is 27.0 Å². The fourth-order valence-electron chi connectivity index (χ4n) is 3.11. The first kappa shape index (κ1) is 23.3. The fraction of sp³-hybridized carbons (Fsp3) is 0.0417. The highest BCUT2D eigenvalue weighted by atomic mass is 35.5. The van der Waals surface area contributed by atoms with Crippen molar-refractivity contribution in [3.05, 3.63) is 93.9 Å². The number of ether oxygens (including phenoxy) is 2. The number of halogens is 3. The molecule has 1 aliphatic rings. The average Bonchev–Trinajstić information content (AvgIpc) is 3.05. The lowest BCUT2D eigenvalue weighted by molar-refractivity contribution is -0.120. The number of methoxy groups -OCH3 is 1. The lowest BCUT2D eigenvalue weighted by atomic mass is 10.2. The van der Waals surface area contributed by atoms with Crippen LogP contribution in [0.1, 0.15) is 10.4 Å².